The maximum absolute atomic E-state index is 13.0. The van der Waals surface area contributed by atoms with E-state index in [0.29, 0.717) is 11.1 Å². The minimum absolute atomic E-state index is 0.192. The summed E-state index contributed by atoms with van der Waals surface area (Å²) in [7, 11) is 0. The highest BCUT2D eigenvalue weighted by Gasteiger charge is 2.34. The Balaban J connectivity index is 2.03. The van der Waals surface area contributed by atoms with Gasteiger partial charge < -0.3 is 10.6 Å². The Labute approximate surface area is 155 Å². The van der Waals surface area contributed by atoms with Crippen LogP contribution in [0.3, 0.4) is 0 Å². The number of amides is 1. The van der Waals surface area contributed by atoms with Gasteiger partial charge in [-0.2, -0.15) is 5.26 Å². The van der Waals surface area contributed by atoms with Crippen molar-refractivity contribution in [2.24, 2.45) is 0 Å². The van der Waals surface area contributed by atoms with Crippen molar-refractivity contribution in [1.82, 2.24) is 5.32 Å². The molecule has 0 bridgehead atoms. The lowest BCUT2D eigenvalue weighted by Gasteiger charge is -2.28. The van der Waals surface area contributed by atoms with Crippen LogP contribution in [-0.2, 0) is 4.79 Å². The van der Waals surface area contributed by atoms with Gasteiger partial charge in [-0.3, -0.25) is 4.79 Å². The summed E-state index contributed by atoms with van der Waals surface area (Å²) in [5, 5.41) is 18.7. The number of nitrogens with zero attached hydrogens (tertiary/aromatic N) is 1. The molecule has 3 rings (SSSR count). The van der Waals surface area contributed by atoms with Gasteiger partial charge in [0.15, 0.2) is 0 Å². The molecule has 1 aromatic carbocycles. The zero-order valence-electron chi connectivity index (χ0n) is 13.9. The van der Waals surface area contributed by atoms with Gasteiger partial charge in [0, 0.05) is 21.8 Å². The first-order valence-electron chi connectivity index (χ1n) is 7.71. The number of hydrogen-bond acceptors (Lipinski definition) is 5. The number of hydrogen-bond donors (Lipinski definition) is 2. The molecule has 2 aromatic rings. The van der Waals surface area contributed by atoms with E-state index in [4.69, 9.17) is 0 Å². The van der Waals surface area contributed by atoms with Gasteiger partial charge in [-0.15, -0.1) is 23.1 Å². The predicted molar refractivity (Wildman–Crippen MR) is 104 cm³/mol. The number of nitriles is 1. The maximum Gasteiger partial charge on any atom is 0.254 e. The van der Waals surface area contributed by atoms with Gasteiger partial charge in [-0.05, 0) is 36.8 Å². The Hall–Kier alpha value is -2.49. The lowest BCUT2D eigenvalue weighted by atomic mass is 9.86. The predicted octanol–water partition coefficient (Wildman–Crippen LogP) is 4.45. The fourth-order valence-corrected chi connectivity index (χ4v) is 4.32. The molecule has 2 N–H and O–H groups in total. The van der Waals surface area contributed by atoms with Gasteiger partial charge in [0.05, 0.1) is 22.6 Å². The highest BCUT2D eigenvalue weighted by Crippen LogP contribution is 2.41. The van der Waals surface area contributed by atoms with Crippen molar-refractivity contribution in [3.05, 3.63) is 74.6 Å². The van der Waals surface area contributed by atoms with Crippen LogP contribution in [-0.4, -0.2) is 12.2 Å². The Morgan fingerprint density at radius 3 is 2.64 bits per heavy atom. The van der Waals surface area contributed by atoms with Gasteiger partial charge in [0.2, 0.25) is 0 Å². The monoisotopic (exact) mass is 367 g/mol. The summed E-state index contributed by atoms with van der Waals surface area (Å²) in [5.41, 5.74) is 2.67. The third-order valence-electron chi connectivity index (χ3n) is 3.96. The van der Waals surface area contributed by atoms with E-state index in [2.05, 4.69) is 16.7 Å². The molecule has 0 spiro atoms. The maximum atomic E-state index is 13.0. The molecule has 126 valence electrons. The van der Waals surface area contributed by atoms with Crippen LogP contribution in [0.2, 0.25) is 0 Å². The molecule has 0 radical (unpaired) electrons. The van der Waals surface area contributed by atoms with E-state index in [1.54, 1.807) is 11.3 Å². The van der Waals surface area contributed by atoms with Crippen LogP contribution in [0.25, 0.3) is 0 Å². The summed E-state index contributed by atoms with van der Waals surface area (Å²) in [4.78, 5) is 14.0. The Bertz CT molecular complexity index is 877. The number of allylic oxidation sites excluding steroid dienone is 2. The molecule has 4 nitrogen and oxygen atoms in total. The van der Waals surface area contributed by atoms with Crippen molar-refractivity contribution in [2.75, 3.05) is 11.6 Å². The minimum atomic E-state index is -0.350. The average molecular weight is 367 g/mol. The second kappa shape index (κ2) is 7.60. The second-order valence-electron chi connectivity index (χ2n) is 5.49. The van der Waals surface area contributed by atoms with Crippen LogP contribution in [0.15, 0.2) is 69.7 Å². The van der Waals surface area contributed by atoms with Crippen LogP contribution in [0.5, 0.6) is 0 Å². The van der Waals surface area contributed by atoms with Crippen molar-refractivity contribution >= 4 is 34.7 Å². The standard InChI is InChI=1S/C19H17N3OS2/c1-12-16(18(23)22-13-7-4-3-5-8-13)17(15-9-6-10-25-15)14(11-20)19(21-12)24-2/h3-10,17,21H,1-2H3,(H,22,23). The zero-order chi connectivity index (χ0) is 17.8. The summed E-state index contributed by atoms with van der Waals surface area (Å²) in [6.45, 7) is 1.88. The Kier molecular flexibility index (Phi) is 5.27. The number of thiophene rings is 1. The molecular formula is C19H17N3OS2. The van der Waals surface area contributed by atoms with Gasteiger partial charge in [0.25, 0.3) is 5.91 Å². The number of nitrogens with one attached hydrogen (secondary N) is 2. The first-order chi connectivity index (χ1) is 12.2. The molecule has 1 aromatic heterocycles. The van der Waals surface area contributed by atoms with E-state index in [1.807, 2.05) is 61.0 Å². The zero-order valence-corrected chi connectivity index (χ0v) is 15.5. The van der Waals surface area contributed by atoms with Gasteiger partial charge in [0.1, 0.15) is 0 Å². The number of carbonyl (C=O) groups excluding carboxylic acids is 1. The third kappa shape index (κ3) is 3.48. The quantitative estimate of drug-likeness (QED) is 0.838. The molecule has 1 unspecified atom stereocenters. The molecule has 1 amide bonds. The van der Waals surface area contributed by atoms with Gasteiger partial charge in [-0.25, -0.2) is 0 Å². The average Bonchev–Trinajstić information content (AvgIpc) is 3.15. The molecule has 0 saturated heterocycles. The van der Waals surface area contributed by atoms with E-state index in [-0.39, 0.29) is 11.8 Å². The number of benzene rings is 1. The highest BCUT2D eigenvalue weighted by molar-refractivity contribution is 8.02. The van der Waals surface area contributed by atoms with Crippen molar-refractivity contribution in [3.8, 4) is 6.07 Å². The number of thioether (sulfide) groups is 1. The normalized spacial score (nSPS) is 17.1. The van der Waals surface area contributed by atoms with Gasteiger partial charge >= 0.3 is 0 Å². The summed E-state index contributed by atoms with van der Waals surface area (Å²) in [6, 6.07) is 15.6. The summed E-state index contributed by atoms with van der Waals surface area (Å²) in [6.07, 6.45) is 1.92. The van der Waals surface area contributed by atoms with Crippen LogP contribution < -0.4 is 10.6 Å². The summed E-state index contributed by atoms with van der Waals surface area (Å²) in [5.74, 6) is -0.542. The van der Waals surface area contributed by atoms with Crippen molar-refractivity contribution in [3.63, 3.8) is 0 Å². The number of dihydropyridines is 1. The Morgan fingerprint density at radius 2 is 2.04 bits per heavy atom. The van der Waals surface area contributed by atoms with Gasteiger partial charge in [-0.1, -0.05) is 24.3 Å². The molecule has 1 aliphatic rings. The smallest absolute Gasteiger partial charge is 0.254 e. The van der Waals surface area contributed by atoms with Crippen molar-refractivity contribution in [1.29, 1.82) is 5.26 Å². The minimum Gasteiger partial charge on any atom is -0.353 e. The van der Waals surface area contributed by atoms with E-state index in [1.165, 1.54) is 11.8 Å². The molecule has 0 aliphatic carbocycles. The molecule has 1 atom stereocenters. The molecule has 2 heterocycles. The van der Waals surface area contributed by atoms with Crippen LogP contribution in [0.1, 0.15) is 17.7 Å². The lowest BCUT2D eigenvalue weighted by molar-refractivity contribution is -0.113. The topological polar surface area (TPSA) is 64.9 Å². The van der Waals surface area contributed by atoms with E-state index in [0.717, 1.165) is 21.3 Å². The van der Waals surface area contributed by atoms with Crippen molar-refractivity contribution < 1.29 is 4.79 Å². The molecule has 0 saturated carbocycles. The van der Waals surface area contributed by atoms with E-state index < -0.39 is 0 Å². The first-order valence-corrected chi connectivity index (χ1v) is 9.82. The molecule has 25 heavy (non-hydrogen) atoms. The molecule has 0 fully saturated rings. The highest BCUT2D eigenvalue weighted by atomic mass is 32.2. The summed E-state index contributed by atoms with van der Waals surface area (Å²) < 4.78 is 0. The lowest BCUT2D eigenvalue weighted by Crippen LogP contribution is -2.30. The summed E-state index contributed by atoms with van der Waals surface area (Å²) >= 11 is 3.04. The number of carbonyl (C=O) groups is 1. The largest absolute Gasteiger partial charge is 0.353 e. The second-order valence-corrected chi connectivity index (χ2v) is 7.29. The molecular weight excluding hydrogens is 350 g/mol. The van der Waals surface area contributed by atoms with Crippen LogP contribution in [0, 0.1) is 11.3 Å². The van der Waals surface area contributed by atoms with E-state index in [9.17, 15) is 10.1 Å². The fraction of sp³-hybridized carbons (Fsp3) is 0.158. The van der Waals surface area contributed by atoms with Crippen LogP contribution in [0.4, 0.5) is 5.69 Å². The molecule has 6 heteroatoms. The first kappa shape index (κ1) is 17.3. The third-order valence-corrected chi connectivity index (χ3v) is 5.62. The Morgan fingerprint density at radius 1 is 1.28 bits per heavy atom. The SMILES string of the molecule is CSC1=C(C#N)C(c2cccs2)C(C(=O)Nc2ccccc2)=C(C)N1. The molecule has 1 aliphatic heterocycles. The van der Waals surface area contributed by atoms with Crippen molar-refractivity contribution in [2.45, 2.75) is 12.8 Å². The van der Waals surface area contributed by atoms with E-state index >= 15 is 0 Å². The fourth-order valence-electron chi connectivity index (χ4n) is 2.83. The number of para-hydroxylation sites is 1. The number of anilines is 1. The number of rotatable bonds is 4. The van der Waals surface area contributed by atoms with Crippen LogP contribution >= 0.6 is 23.1 Å².